The van der Waals surface area contributed by atoms with Crippen LogP contribution in [0.3, 0.4) is 0 Å². The number of nitrogens with zero attached hydrogens (tertiary/aromatic N) is 1. The van der Waals surface area contributed by atoms with Crippen molar-refractivity contribution in [2.45, 2.75) is 12.8 Å². The molecule has 3 rings (SSSR count). The highest BCUT2D eigenvalue weighted by molar-refractivity contribution is 6.31. The van der Waals surface area contributed by atoms with Crippen molar-refractivity contribution >= 4 is 29.1 Å². The molecule has 1 N–H and O–H groups in total. The smallest absolute Gasteiger partial charge is 0.260 e. The van der Waals surface area contributed by atoms with E-state index in [1.807, 2.05) is 4.90 Å². The normalized spacial score (nSPS) is 13.6. The topological polar surface area (TPSA) is 58.6 Å². The largest absolute Gasteiger partial charge is 0.484 e. The van der Waals surface area contributed by atoms with Crippen molar-refractivity contribution in [3.05, 3.63) is 59.1 Å². The summed E-state index contributed by atoms with van der Waals surface area (Å²) in [5, 5.41) is 3.30. The van der Waals surface area contributed by atoms with Crippen LogP contribution in [0.2, 0.25) is 5.02 Å². The number of rotatable bonds is 5. The van der Waals surface area contributed by atoms with Gasteiger partial charge in [0.25, 0.3) is 11.8 Å². The lowest BCUT2D eigenvalue weighted by Gasteiger charge is -2.15. The fourth-order valence-corrected chi connectivity index (χ4v) is 2.89. The van der Waals surface area contributed by atoms with Crippen LogP contribution in [0.25, 0.3) is 0 Å². The Labute approximate surface area is 151 Å². The third-order valence-electron chi connectivity index (χ3n) is 4.00. The Balaban J connectivity index is 1.59. The Bertz CT molecular complexity index is 773. The zero-order valence-corrected chi connectivity index (χ0v) is 14.5. The second kappa shape index (κ2) is 8.03. The van der Waals surface area contributed by atoms with Gasteiger partial charge < -0.3 is 15.0 Å². The minimum absolute atomic E-state index is 0.00565. The van der Waals surface area contributed by atoms with Gasteiger partial charge in [0, 0.05) is 35.4 Å². The first-order chi connectivity index (χ1) is 12.1. The van der Waals surface area contributed by atoms with Crippen LogP contribution in [0, 0.1) is 0 Å². The highest BCUT2D eigenvalue weighted by Crippen LogP contribution is 2.19. The molecule has 6 heteroatoms. The monoisotopic (exact) mass is 358 g/mol. The molecule has 2 aromatic rings. The number of nitrogens with one attached hydrogen (secondary N) is 1. The summed E-state index contributed by atoms with van der Waals surface area (Å²) in [4.78, 5) is 26.1. The van der Waals surface area contributed by atoms with Crippen molar-refractivity contribution in [2.75, 3.05) is 25.0 Å². The van der Waals surface area contributed by atoms with Gasteiger partial charge in [-0.15, -0.1) is 0 Å². The fraction of sp³-hybridized carbons (Fsp3) is 0.263. The standard InChI is InChI=1S/C19H19ClN2O3/c20-15-6-3-5-14(11-15)19(24)21-16-7-4-8-17(12-16)25-13-18(23)22-9-1-2-10-22/h3-8,11-12H,1-2,9-10,13H2,(H,21,24). The summed E-state index contributed by atoms with van der Waals surface area (Å²) < 4.78 is 5.56. The van der Waals surface area contributed by atoms with Crippen molar-refractivity contribution in [1.29, 1.82) is 0 Å². The Morgan fingerprint density at radius 1 is 1.08 bits per heavy atom. The average Bonchev–Trinajstić information content (AvgIpc) is 3.15. The quantitative estimate of drug-likeness (QED) is 0.888. The molecule has 0 unspecified atom stereocenters. The Morgan fingerprint density at radius 2 is 1.84 bits per heavy atom. The molecule has 1 heterocycles. The van der Waals surface area contributed by atoms with E-state index in [-0.39, 0.29) is 18.4 Å². The maximum absolute atomic E-state index is 12.2. The molecule has 5 nitrogen and oxygen atoms in total. The van der Waals surface area contributed by atoms with Crippen LogP contribution in [-0.2, 0) is 4.79 Å². The predicted octanol–water partition coefficient (Wildman–Crippen LogP) is 3.59. The molecular formula is C19H19ClN2O3. The third kappa shape index (κ3) is 4.73. The van der Waals surface area contributed by atoms with Crippen LogP contribution in [0.5, 0.6) is 5.75 Å². The highest BCUT2D eigenvalue weighted by Gasteiger charge is 2.18. The van der Waals surface area contributed by atoms with Crippen molar-refractivity contribution < 1.29 is 14.3 Å². The molecule has 1 saturated heterocycles. The van der Waals surface area contributed by atoms with E-state index in [9.17, 15) is 9.59 Å². The first kappa shape index (κ1) is 17.3. The molecule has 1 aliphatic rings. The molecule has 1 fully saturated rings. The fourth-order valence-electron chi connectivity index (χ4n) is 2.70. The second-order valence-corrected chi connectivity index (χ2v) is 6.31. The van der Waals surface area contributed by atoms with Gasteiger partial charge in [0.1, 0.15) is 5.75 Å². The number of halogens is 1. The van der Waals surface area contributed by atoms with Crippen molar-refractivity contribution in [3.63, 3.8) is 0 Å². The Morgan fingerprint density at radius 3 is 2.60 bits per heavy atom. The van der Waals surface area contributed by atoms with Gasteiger partial charge in [0.15, 0.2) is 6.61 Å². The second-order valence-electron chi connectivity index (χ2n) is 5.87. The maximum atomic E-state index is 12.2. The van der Waals surface area contributed by atoms with Crippen molar-refractivity contribution in [2.24, 2.45) is 0 Å². The van der Waals surface area contributed by atoms with E-state index in [0.29, 0.717) is 22.0 Å². The number of ether oxygens (including phenoxy) is 1. The lowest BCUT2D eigenvalue weighted by atomic mass is 10.2. The number of likely N-dealkylation sites (tertiary alicyclic amines) is 1. The predicted molar refractivity (Wildman–Crippen MR) is 97.2 cm³/mol. The first-order valence-corrected chi connectivity index (χ1v) is 8.57. The van der Waals surface area contributed by atoms with Gasteiger partial charge in [-0.2, -0.15) is 0 Å². The van der Waals surface area contributed by atoms with Crippen LogP contribution >= 0.6 is 11.6 Å². The van der Waals surface area contributed by atoms with Crippen molar-refractivity contribution in [3.8, 4) is 5.75 Å². The molecule has 130 valence electrons. The van der Waals surface area contributed by atoms with Gasteiger partial charge in [-0.1, -0.05) is 23.7 Å². The zero-order valence-electron chi connectivity index (χ0n) is 13.7. The number of hydrogen-bond acceptors (Lipinski definition) is 3. The number of benzene rings is 2. The summed E-state index contributed by atoms with van der Waals surface area (Å²) in [6.07, 6.45) is 2.10. The molecule has 0 bridgehead atoms. The van der Waals surface area contributed by atoms with E-state index >= 15 is 0 Å². The summed E-state index contributed by atoms with van der Waals surface area (Å²) >= 11 is 5.91. The number of carbonyl (C=O) groups excluding carboxylic acids is 2. The van der Waals surface area contributed by atoms with E-state index in [1.54, 1.807) is 48.5 Å². The summed E-state index contributed by atoms with van der Waals surface area (Å²) in [5.74, 6) is 0.273. The van der Waals surface area contributed by atoms with Gasteiger partial charge in [0.05, 0.1) is 0 Å². The molecular weight excluding hydrogens is 340 g/mol. The molecule has 0 saturated carbocycles. The Kier molecular flexibility index (Phi) is 5.56. The minimum Gasteiger partial charge on any atom is -0.484 e. The van der Waals surface area contributed by atoms with Crippen LogP contribution in [0.4, 0.5) is 5.69 Å². The Hall–Kier alpha value is -2.53. The molecule has 0 aromatic heterocycles. The van der Waals surface area contributed by atoms with Gasteiger partial charge in [-0.25, -0.2) is 0 Å². The third-order valence-corrected chi connectivity index (χ3v) is 4.23. The molecule has 0 aliphatic carbocycles. The summed E-state index contributed by atoms with van der Waals surface area (Å²) in [6, 6.07) is 13.7. The van der Waals surface area contributed by atoms with Gasteiger partial charge in [-0.05, 0) is 43.2 Å². The SMILES string of the molecule is O=C(Nc1cccc(OCC(=O)N2CCCC2)c1)c1cccc(Cl)c1. The van der Waals surface area contributed by atoms with Crippen molar-refractivity contribution in [1.82, 2.24) is 4.90 Å². The molecule has 0 radical (unpaired) electrons. The molecule has 0 atom stereocenters. The summed E-state index contributed by atoms with van der Waals surface area (Å²) in [7, 11) is 0. The van der Waals surface area contributed by atoms with Crippen LogP contribution < -0.4 is 10.1 Å². The summed E-state index contributed by atoms with van der Waals surface area (Å²) in [6.45, 7) is 1.61. The average molecular weight is 359 g/mol. The summed E-state index contributed by atoms with van der Waals surface area (Å²) in [5.41, 5.74) is 1.07. The number of amides is 2. The molecule has 2 amide bonds. The van der Waals surface area contributed by atoms with Crippen LogP contribution in [0.1, 0.15) is 23.2 Å². The number of hydrogen-bond donors (Lipinski definition) is 1. The molecule has 25 heavy (non-hydrogen) atoms. The van der Waals surface area contributed by atoms with E-state index in [1.165, 1.54) is 0 Å². The first-order valence-electron chi connectivity index (χ1n) is 8.19. The van der Waals surface area contributed by atoms with Crippen LogP contribution in [-0.4, -0.2) is 36.4 Å². The molecule has 1 aliphatic heterocycles. The van der Waals surface area contributed by atoms with Crippen LogP contribution in [0.15, 0.2) is 48.5 Å². The van der Waals surface area contributed by atoms with E-state index in [0.717, 1.165) is 25.9 Å². The number of carbonyl (C=O) groups is 2. The lowest BCUT2D eigenvalue weighted by Crippen LogP contribution is -2.32. The molecule has 2 aromatic carbocycles. The van der Waals surface area contributed by atoms with E-state index < -0.39 is 0 Å². The minimum atomic E-state index is -0.257. The van der Waals surface area contributed by atoms with Gasteiger partial charge >= 0.3 is 0 Å². The van der Waals surface area contributed by atoms with E-state index in [4.69, 9.17) is 16.3 Å². The highest BCUT2D eigenvalue weighted by atomic mass is 35.5. The number of anilines is 1. The van der Waals surface area contributed by atoms with E-state index in [2.05, 4.69) is 5.32 Å². The zero-order chi connectivity index (χ0) is 17.6. The van der Waals surface area contributed by atoms with Gasteiger partial charge in [-0.3, -0.25) is 9.59 Å². The maximum Gasteiger partial charge on any atom is 0.260 e. The lowest BCUT2D eigenvalue weighted by molar-refractivity contribution is -0.132. The molecule has 0 spiro atoms. The van der Waals surface area contributed by atoms with Gasteiger partial charge in [0.2, 0.25) is 0 Å².